The molecular weight excluding hydrogens is 298 g/mol. The first kappa shape index (κ1) is 14.4. The van der Waals surface area contributed by atoms with Crippen molar-refractivity contribution in [3.63, 3.8) is 0 Å². The molecule has 0 atom stereocenters. The highest BCUT2D eigenvalue weighted by Crippen LogP contribution is 2.55. The van der Waals surface area contributed by atoms with Gasteiger partial charge < -0.3 is 4.90 Å². The number of hydrogen-bond acceptors (Lipinski definition) is 3. The summed E-state index contributed by atoms with van der Waals surface area (Å²) in [4.78, 5) is 24.0. The second-order valence-electron chi connectivity index (χ2n) is 8.07. The molecule has 2 aromatic rings. The zero-order valence-corrected chi connectivity index (χ0v) is 14.1. The summed E-state index contributed by atoms with van der Waals surface area (Å²) in [6, 6.07) is 6.14. The lowest BCUT2D eigenvalue weighted by molar-refractivity contribution is -0.0490. The number of carbonyl (C=O) groups is 1. The van der Waals surface area contributed by atoms with Crippen LogP contribution in [0.1, 0.15) is 42.5 Å². The van der Waals surface area contributed by atoms with Crippen molar-refractivity contribution in [3.05, 3.63) is 36.2 Å². The minimum atomic E-state index is 0.110. The fourth-order valence-electron chi connectivity index (χ4n) is 6.02. The molecule has 124 valence electrons. The lowest BCUT2D eigenvalue weighted by Crippen LogP contribution is -2.56. The Balaban J connectivity index is 1.48. The van der Waals surface area contributed by atoms with Crippen LogP contribution in [0.4, 0.5) is 0 Å². The summed E-state index contributed by atoms with van der Waals surface area (Å²) in [5.41, 5.74) is 2.21. The molecule has 24 heavy (non-hydrogen) atoms. The van der Waals surface area contributed by atoms with Crippen LogP contribution < -0.4 is 0 Å². The summed E-state index contributed by atoms with van der Waals surface area (Å²) in [6.45, 7) is 0. The third-order valence-corrected chi connectivity index (χ3v) is 6.67. The number of para-hydroxylation sites is 1. The molecule has 1 heterocycles. The quantitative estimate of drug-likeness (QED) is 0.850. The van der Waals surface area contributed by atoms with Crippen LogP contribution in [-0.4, -0.2) is 33.9 Å². The summed E-state index contributed by atoms with van der Waals surface area (Å²) in [5.74, 6) is 3.37. The number of aromatic nitrogens is 2. The predicted octanol–water partition coefficient (Wildman–Crippen LogP) is 3.53. The number of carbonyl (C=O) groups excluding carboxylic acids is 1. The van der Waals surface area contributed by atoms with Gasteiger partial charge in [0.2, 0.25) is 0 Å². The maximum atomic E-state index is 13.2. The topological polar surface area (TPSA) is 46.1 Å². The van der Waals surface area contributed by atoms with Crippen LogP contribution >= 0.6 is 0 Å². The Morgan fingerprint density at radius 2 is 1.67 bits per heavy atom. The molecule has 1 aromatic heterocycles. The first-order valence-corrected chi connectivity index (χ1v) is 9.17. The maximum absolute atomic E-state index is 13.2. The molecule has 4 aliphatic carbocycles. The van der Waals surface area contributed by atoms with Crippen molar-refractivity contribution in [2.75, 3.05) is 7.05 Å². The highest BCUT2D eigenvalue weighted by atomic mass is 16.2. The standard InChI is InChI=1S/C20H23N3O/c1-23(19-14-8-12-7-13(10-14)11-15(19)9-12)20(24)16-3-2-4-17-18(16)22-6-5-21-17/h2-6,12-15,19H,7-11H2,1H3. The second kappa shape index (κ2) is 5.27. The minimum Gasteiger partial charge on any atom is -0.338 e. The third kappa shape index (κ3) is 2.08. The number of hydrogen-bond donors (Lipinski definition) is 0. The predicted molar refractivity (Wildman–Crippen MR) is 92.5 cm³/mol. The molecule has 0 saturated heterocycles. The Morgan fingerprint density at radius 3 is 2.38 bits per heavy atom. The monoisotopic (exact) mass is 321 g/mol. The van der Waals surface area contributed by atoms with Gasteiger partial charge in [-0.05, 0) is 67.9 Å². The Morgan fingerprint density at radius 1 is 1.00 bits per heavy atom. The molecule has 4 heteroatoms. The van der Waals surface area contributed by atoms with Gasteiger partial charge in [0.1, 0.15) is 5.52 Å². The minimum absolute atomic E-state index is 0.110. The third-order valence-electron chi connectivity index (χ3n) is 6.67. The number of benzene rings is 1. The van der Waals surface area contributed by atoms with E-state index in [1.165, 1.54) is 32.1 Å². The molecule has 4 fully saturated rings. The van der Waals surface area contributed by atoms with Crippen molar-refractivity contribution in [1.29, 1.82) is 0 Å². The van der Waals surface area contributed by atoms with Gasteiger partial charge in [-0.2, -0.15) is 0 Å². The van der Waals surface area contributed by atoms with Crippen molar-refractivity contribution in [2.45, 2.75) is 38.1 Å². The maximum Gasteiger partial charge on any atom is 0.256 e. The Bertz CT molecular complexity index is 769. The Kier molecular flexibility index (Phi) is 3.15. The smallest absolute Gasteiger partial charge is 0.256 e. The summed E-state index contributed by atoms with van der Waals surface area (Å²) in [7, 11) is 2.00. The average molecular weight is 321 g/mol. The zero-order chi connectivity index (χ0) is 16.3. The molecule has 0 aliphatic heterocycles. The van der Waals surface area contributed by atoms with E-state index in [1.807, 2.05) is 30.1 Å². The van der Waals surface area contributed by atoms with Gasteiger partial charge in [0.05, 0.1) is 11.1 Å². The van der Waals surface area contributed by atoms with E-state index in [2.05, 4.69) is 9.97 Å². The first-order valence-electron chi connectivity index (χ1n) is 9.17. The van der Waals surface area contributed by atoms with Gasteiger partial charge in [-0.3, -0.25) is 14.8 Å². The molecule has 0 unspecified atom stereocenters. The highest BCUT2D eigenvalue weighted by molar-refractivity contribution is 6.04. The van der Waals surface area contributed by atoms with E-state index in [0.717, 1.165) is 22.9 Å². The fourth-order valence-corrected chi connectivity index (χ4v) is 6.02. The highest BCUT2D eigenvalue weighted by Gasteiger charge is 2.50. The summed E-state index contributed by atoms with van der Waals surface area (Å²) >= 11 is 0. The normalized spacial score (nSPS) is 33.8. The van der Waals surface area contributed by atoms with Gasteiger partial charge in [-0.25, -0.2) is 0 Å². The largest absolute Gasteiger partial charge is 0.338 e. The number of nitrogens with zero attached hydrogens (tertiary/aromatic N) is 3. The molecule has 0 spiro atoms. The molecule has 4 bridgehead atoms. The van der Waals surface area contributed by atoms with E-state index < -0.39 is 0 Å². The van der Waals surface area contributed by atoms with Gasteiger partial charge >= 0.3 is 0 Å². The van der Waals surface area contributed by atoms with Crippen molar-refractivity contribution in [3.8, 4) is 0 Å². The molecule has 4 aliphatic rings. The summed E-state index contributed by atoms with van der Waals surface area (Å²) in [5, 5.41) is 0. The van der Waals surface area contributed by atoms with E-state index in [-0.39, 0.29) is 5.91 Å². The lowest BCUT2D eigenvalue weighted by atomic mass is 9.54. The molecule has 1 aromatic carbocycles. The van der Waals surface area contributed by atoms with Crippen LogP contribution in [0, 0.1) is 23.7 Å². The number of rotatable bonds is 2. The van der Waals surface area contributed by atoms with Crippen LogP contribution in [0.2, 0.25) is 0 Å². The van der Waals surface area contributed by atoms with E-state index in [4.69, 9.17) is 0 Å². The van der Waals surface area contributed by atoms with Crippen molar-refractivity contribution < 1.29 is 4.79 Å². The van der Waals surface area contributed by atoms with Crippen LogP contribution in [-0.2, 0) is 0 Å². The van der Waals surface area contributed by atoms with Gasteiger partial charge in [0.15, 0.2) is 0 Å². The van der Waals surface area contributed by atoms with Gasteiger partial charge in [0.25, 0.3) is 5.91 Å². The van der Waals surface area contributed by atoms with Crippen LogP contribution in [0.3, 0.4) is 0 Å². The molecule has 0 radical (unpaired) electrons. The van der Waals surface area contributed by atoms with E-state index in [0.29, 0.717) is 23.4 Å². The summed E-state index contributed by atoms with van der Waals surface area (Å²) in [6.07, 6.45) is 10.1. The molecule has 4 nitrogen and oxygen atoms in total. The number of amides is 1. The SMILES string of the molecule is CN(C(=O)c1cccc2nccnc12)C1C2CC3CC(C2)CC1C3. The van der Waals surface area contributed by atoms with Crippen LogP contribution in [0.5, 0.6) is 0 Å². The van der Waals surface area contributed by atoms with Crippen LogP contribution in [0.25, 0.3) is 11.0 Å². The van der Waals surface area contributed by atoms with Crippen LogP contribution in [0.15, 0.2) is 30.6 Å². The number of fused-ring (bicyclic) bond motifs is 1. The van der Waals surface area contributed by atoms with Gasteiger partial charge in [-0.1, -0.05) is 6.07 Å². The van der Waals surface area contributed by atoms with Gasteiger partial charge in [0, 0.05) is 25.5 Å². The molecule has 4 saturated carbocycles. The molecule has 1 amide bonds. The second-order valence-corrected chi connectivity index (χ2v) is 8.07. The van der Waals surface area contributed by atoms with E-state index >= 15 is 0 Å². The van der Waals surface area contributed by atoms with Gasteiger partial charge in [-0.15, -0.1) is 0 Å². The summed E-state index contributed by atoms with van der Waals surface area (Å²) < 4.78 is 0. The first-order chi connectivity index (χ1) is 11.7. The zero-order valence-electron chi connectivity index (χ0n) is 14.1. The van der Waals surface area contributed by atoms with E-state index in [9.17, 15) is 4.79 Å². The molecular formula is C20H23N3O. The molecule has 0 N–H and O–H groups in total. The fraction of sp³-hybridized carbons (Fsp3) is 0.550. The lowest BCUT2D eigenvalue weighted by Gasteiger charge is -2.56. The van der Waals surface area contributed by atoms with Crippen molar-refractivity contribution >= 4 is 16.9 Å². The molecule has 6 rings (SSSR count). The average Bonchev–Trinajstić information content (AvgIpc) is 2.59. The Labute approximate surface area is 142 Å². The van der Waals surface area contributed by atoms with Crippen molar-refractivity contribution in [1.82, 2.24) is 14.9 Å². The van der Waals surface area contributed by atoms with Crippen molar-refractivity contribution in [2.24, 2.45) is 23.7 Å². The van der Waals surface area contributed by atoms with E-state index in [1.54, 1.807) is 12.4 Å². The Hall–Kier alpha value is -1.97.